The maximum absolute atomic E-state index is 14.4. The van der Waals surface area contributed by atoms with Gasteiger partial charge in [-0.2, -0.15) is 12.6 Å². The number of carbonyl (C=O) groups is 6. The number of benzene rings is 1. The molecule has 2 aromatic rings. The van der Waals surface area contributed by atoms with Crippen molar-refractivity contribution in [3.8, 4) is 0 Å². The summed E-state index contributed by atoms with van der Waals surface area (Å²) >= 11 is 5.47. The van der Waals surface area contributed by atoms with E-state index in [0.29, 0.717) is 55.2 Å². The number of nitrogens with zero attached hydrogens (tertiary/aromatic N) is 3. The van der Waals surface area contributed by atoms with E-state index in [-0.39, 0.29) is 96.4 Å². The van der Waals surface area contributed by atoms with E-state index in [9.17, 15) is 28.8 Å². The van der Waals surface area contributed by atoms with Crippen molar-refractivity contribution in [2.24, 2.45) is 35.5 Å². The first-order valence-corrected chi connectivity index (χ1v) is 25.0. The third-order valence-corrected chi connectivity index (χ3v) is 14.8. The second-order valence-electron chi connectivity index (χ2n) is 18.6. The van der Waals surface area contributed by atoms with Gasteiger partial charge in [0.2, 0.25) is 17.7 Å². The van der Waals surface area contributed by atoms with E-state index < -0.39 is 30.1 Å². The predicted octanol–water partition coefficient (Wildman–Crippen LogP) is 8.27. The summed E-state index contributed by atoms with van der Waals surface area (Å²) in [7, 11) is 4.96. The number of aromatic nitrogens is 1. The number of likely N-dealkylation sites (tertiary alicyclic amines) is 1. The van der Waals surface area contributed by atoms with Crippen LogP contribution in [0.25, 0.3) is 0 Å². The minimum Gasteiger partial charge on any atom is -0.379 e. The molecular weight excluding hydrogens is 849 g/mol. The molecule has 0 saturated carbocycles. The molecule has 1 aliphatic heterocycles. The third-order valence-electron chi connectivity index (χ3n) is 13.6. The van der Waals surface area contributed by atoms with Crippen molar-refractivity contribution in [3.05, 3.63) is 52.0 Å². The maximum Gasteiger partial charge on any atom is 0.226 e. The van der Waals surface area contributed by atoms with Crippen molar-refractivity contribution in [2.75, 3.05) is 40.1 Å². The van der Waals surface area contributed by atoms with Gasteiger partial charge in [-0.1, -0.05) is 92.1 Å². The van der Waals surface area contributed by atoms with Crippen LogP contribution < -0.4 is 5.32 Å². The van der Waals surface area contributed by atoms with Crippen LogP contribution in [0.2, 0.25) is 0 Å². The Balaban J connectivity index is 1.79. The van der Waals surface area contributed by atoms with Crippen molar-refractivity contribution in [3.63, 3.8) is 0 Å². The fourth-order valence-corrected chi connectivity index (χ4v) is 10.1. The average molecular weight is 927 g/mol. The van der Waals surface area contributed by atoms with E-state index in [1.807, 2.05) is 76.8 Å². The summed E-state index contributed by atoms with van der Waals surface area (Å²) in [5.41, 5.74) is 1.41. The van der Waals surface area contributed by atoms with Gasteiger partial charge in [0.25, 0.3) is 0 Å². The van der Waals surface area contributed by atoms with Gasteiger partial charge >= 0.3 is 0 Å². The van der Waals surface area contributed by atoms with Crippen molar-refractivity contribution >= 4 is 59.0 Å². The average Bonchev–Trinajstić information content (AvgIpc) is 3.97. The van der Waals surface area contributed by atoms with Crippen LogP contribution in [-0.4, -0.2) is 114 Å². The summed E-state index contributed by atoms with van der Waals surface area (Å²) in [5.74, 6) is -1.25. The van der Waals surface area contributed by atoms with E-state index in [1.165, 1.54) is 11.3 Å². The number of amides is 3. The molecule has 12 nitrogen and oxygen atoms in total. The number of thiol groups is 1. The van der Waals surface area contributed by atoms with Crippen LogP contribution in [0.1, 0.15) is 140 Å². The smallest absolute Gasteiger partial charge is 0.226 e. The lowest BCUT2D eigenvalue weighted by Gasteiger charge is -2.41. The molecule has 358 valence electrons. The summed E-state index contributed by atoms with van der Waals surface area (Å²) in [6, 6.07) is 9.16. The predicted molar refractivity (Wildman–Crippen MR) is 258 cm³/mol. The molecule has 1 aliphatic rings. The van der Waals surface area contributed by atoms with Gasteiger partial charge in [0.1, 0.15) is 17.3 Å². The molecule has 0 unspecified atom stereocenters. The highest BCUT2D eigenvalue weighted by Crippen LogP contribution is 2.34. The Bertz CT molecular complexity index is 1800. The molecule has 1 aromatic carbocycles. The number of methoxy groups -OCH3 is 2. The number of Topliss-reactive ketones (excluding diaryl/α,β-unsaturated/α-hetero) is 3. The normalized spacial score (nSPS) is 17.9. The largest absolute Gasteiger partial charge is 0.379 e. The van der Waals surface area contributed by atoms with Crippen LogP contribution in [0.5, 0.6) is 0 Å². The highest BCUT2D eigenvalue weighted by Gasteiger charge is 2.43. The topological polar surface area (TPSA) is 152 Å². The van der Waals surface area contributed by atoms with Crippen LogP contribution in [0.3, 0.4) is 0 Å². The Hall–Kier alpha value is -3.46. The number of thiazole rings is 1. The number of hydrogen-bond donors (Lipinski definition) is 2. The summed E-state index contributed by atoms with van der Waals surface area (Å²) < 4.78 is 12.2. The molecular formula is C50H78N4O8S2. The molecule has 0 spiro atoms. The molecule has 1 fully saturated rings. The lowest BCUT2D eigenvalue weighted by molar-refractivity contribution is -0.149. The maximum atomic E-state index is 14.4. The fraction of sp³-hybridized carbons (Fsp3) is 0.700. The van der Waals surface area contributed by atoms with Crippen LogP contribution in [-0.2, 0) is 39.9 Å². The molecule has 3 rings (SSSR count). The first-order valence-electron chi connectivity index (χ1n) is 23.5. The molecule has 14 heteroatoms. The molecule has 1 aromatic heterocycles. The lowest BCUT2D eigenvalue weighted by atomic mass is 9.82. The zero-order valence-electron chi connectivity index (χ0n) is 40.5. The Morgan fingerprint density at radius 1 is 0.906 bits per heavy atom. The molecule has 1 N–H and O–H groups in total. The number of likely N-dealkylation sites (N-methyl/N-ethyl adjacent to an activating group) is 1. The summed E-state index contributed by atoms with van der Waals surface area (Å²) in [5, 5.41) is 5.28. The SMILES string of the molecule is CC[C@H](C)[C@@H]([C@@H](CC(=O)N1CCC[C@H]1[C@H](OC)[C@@H](C)C(=O)C[C@@H](Cc1ccccc1)c1nc(C(=O)CCCNC(=O)CCS)cs1)OC)N(C)C(=O)[C@@H](CC(=O)[C@@H](C)C(C)C)C(C)C. The van der Waals surface area contributed by atoms with E-state index in [2.05, 4.69) is 31.8 Å². The fourth-order valence-electron chi connectivity index (χ4n) is 8.96. The molecule has 3 amide bonds. The Morgan fingerprint density at radius 3 is 2.17 bits per heavy atom. The third kappa shape index (κ3) is 15.6. The summed E-state index contributed by atoms with van der Waals surface area (Å²) in [6.07, 6.45) is 3.04. The zero-order valence-corrected chi connectivity index (χ0v) is 42.2. The molecule has 0 aliphatic carbocycles. The standard InChI is InChI=1S/C50H78N4O8S2/c1-12-33(6)47(53(9)50(60)38(32(4)5)28-43(57)34(7)31(2)3)44(61-10)29-46(59)54-24-17-20-40(54)48(62-11)35(8)42(56)27-37(26-36-18-14-13-15-19-36)49-52-39(30-64-49)41(55)21-16-23-51-45(58)22-25-63/h13-15,18-19,30-35,37-38,40,44,47-48,63H,12,16-17,20-29H2,1-11H3,(H,51,58)/t33-,34-,35-,37+,38-,40-,44+,47-,48+/m0/s1. The quantitative estimate of drug-likeness (QED) is 0.0467. The van der Waals surface area contributed by atoms with Gasteiger partial charge in [-0.05, 0) is 54.8 Å². The molecule has 0 radical (unpaired) electrons. The molecule has 0 bridgehead atoms. The first-order chi connectivity index (χ1) is 30.4. The van der Waals surface area contributed by atoms with E-state index in [0.717, 1.165) is 18.4 Å². The second kappa shape index (κ2) is 27.2. The van der Waals surface area contributed by atoms with Gasteiger partial charge < -0.3 is 24.6 Å². The van der Waals surface area contributed by atoms with Crippen molar-refractivity contribution < 1.29 is 38.2 Å². The number of hydrogen-bond acceptors (Lipinski definition) is 11. The van der Waals surface area contributed by atoms with Gasteiger partial charge in [0, 0.05) is 89.1 Å². The van der Waals surface area contributed by atoms with E-state index in [1.54, 1.807) is 31.5 Å². The second-order valence-corrected chi connectivity index (χ2v) is 20.0. The number of ketones is 3. The molecule has 9 atom stereocenters. The van der Waals surface area contributed by atoms with Crippen molar-refractivity contribution in [1.29, 1.82) is 0 Å². The molecule has 64 heavy (non-hydrogen) atoms. The summed E-state index contributed by atoms with van der Waals surface area (Å²) in [4.78, 5) is 89.6. The van der Waals surface area contributed by atoms with Crippen LogP contribution in [0.15, 0.2) is 35.7 Å². The lowest BCUT2D eigenvalue weighted by Crippen LogP contribution is -2.54. The highest BCUT2D eigenvalue weighted by molar-refractivity contribution is 7.80. The molecule has 2 heterocycles. The minimum atomic E-state index is -0.603. The zero-order chi connectivity index (χ0) is 47.7. The monoisotopic (exact) mass is 927 g/mol. The van der Waals surface area contributed by atoms with Crippen LogP contribution >= 0.6 is 24.0 Å². The number of carbonyl (C=O) groups excluding carboxylic acids is 6. The minimum absolute atomic E-state index is 0.00156. The number of ether oxygens (including phenoxy) is 2. The van der Waals surface area contributed by atoms with Gasteiger partial charge in [0.15, 0.2) is 5.78 Å². The van der Waals surface area contributed by atoms with Gasteiger partial charge in [-0.25, -0.2) is 4.98 Å². The van der Waals surface area contributed by atoms with Gasteiger partial charge in [-0.15, -0.1) is 11.3 Å². The van der Waals surface area contributed by atoms with Crippen molar-refractivity contribution in [2.45, 2.75) is 150 Å². The molecule has 1 saturated heterocycles. The Kier molecular flexibility index (Phi) is 23.4. The Labute approximate surface area is 393 Å². The summed E-state index contributed by atoms with van der Waals surface area (Å²) in [6.45, 7) is 16.8. The Morgan fingerprint density at radius 2 is 1.58 bits per heavy atom. The van der Waals surface area contributed by atoms with Crippen molar-refractivity contribution in [1.82, 2.24) is 20.1 Å². The number of rotatable bonds is 29. The van der Waals surface area contributed by atoms with Crippen LogP contribution in [0.4, 0.5) is 0 Å². The van der Waals surface area contributed by atoms with Crippen LogP contribution in [0, 0.1) is 35.5 Å². The number of nitrogens with one attached hydrogen (secondary N) is 1. The first kappa shape index (κ1) is 54.9. The highest BCUT2D eigenvalue weighted by atomic mass is 32.1. The van der Waals surface area contributed by atoms with E-state index >= 15 is 0 Å². The van der Waals surface area contributed by atoms with Gasteiger partial charge in [-0.3, -0.25) is 28.8 Å². The van der Waals surface area contributed by atoms with E-state index in [4.69, 9.17) is 14.5 Å². The van der Waals surface area contributed by atoms with Gasteiger partial charge in [0.05, 0.1) is 35.7 Å².